The van der Waals surface area contributed by atoms with Gasteiger partial charge in [0.2, 0.25) is 0 Å². The molecule has 1 N–H and O–H groups in total. The molecule has 0 unspecified atom stereocenters. The van der Waals surface area contributed by atoms with Crippen molar-refractivity contribution in [3.63, 3.8) is 0 Å². The molecule has 25 heavy (non-hydrogen) atoms. The van der Waals surface area contributed by atoms with Gasteiger partial charge in [0.15, 0.2) is 0 Å². The first-order chi connectivity index (χ1) is 12.3. The van der Waals surface area contributed by atoms with E-state index in [4.69, 9.17) is 0 Å². The molecule has 1 aliphatic rings. The molecule has 2 amide bonds. The number of benzene rings is 1. The molecular formula is C20H20N4O. The third-order valence-corrected chi connectivity index (χ3v) is 4.59. The highest BCUT2D eigenvalue weighted by atomic mass is 16.2. The molecule has 5 heteroatoms. The standard InChI is InChI=1S/C20H20N4O/c25-20(22-14-16-6-2-1-3-7-16)24-13-12-23-11-5-9-18(23)19(24)17-8-4-10-21-15-17/h1-11,15,19H,12-14H2,(H,22,25)/t19-/m1/s1. The Hall–Kier alpha value is -3.08. The summed E-state index contributed by atoms with van der Waals surface area (Å²) in [6.07, 6.45) is 5.66. The Bertz CT molecular complexity index is 844. The van der Waals surface area contributed by atoms with Crippen molar-refractivity contribution in [3.05, 3.63) is 90.0 Å². The first-order valence-corrected chi connectivity index (χ1v) is 8.46. The second-order valence-corrected chi connectivity index (χ2v) is 6.15. The molecular weight excluding hydrogens is 312 g/mol. The van der Waals surface area contributed by atoms with Crippen LogP contribution in [0.3, 0.4) is 0 Å². The van der Waals surface area contributed by atoms with Crippen LogP contribution >= 0.6 is 0 Å². The van der Waals surface area contributed by atoms with E-state index in [0.717, 1.165) is 23.4 Å². The van der Waals surface area contributed by atoms with Crippen molar-refractivity contribution >= 4 is 6.03 Å². The minimum atomic E-state index is -0.117. The third kappa shape index (κ3) is 3.13. The summed E-state index contributed by atoms with van der Waals surface area (Å²) in [6.45, 7) is 2.00. The molecule has 0 saturated heterocycles. The second-order valence-electron chi connectivity index (χ2n) is 6.15. The predicted molar refractivity (Wildman–Crippen MR) is 95.9 cm³/mol. The van der Waals surface area contributed by atoms with Crippen LogP contribution in [0, 0.1) is 0 Å². The minimum absolute atomic E-state index is 0.0508. The Labute approximate surface area is 146 Å². The van der Waals surface area contributed by atoms with E-state index in [1.807, 2.05) is 59.6 Å². The van der Waals surface area contributed by atoms with Crippen molar-refractivity contribution in [2.45, 2.75) is 19.1 Å². The number of rotatable bonds is 3. The van der Waals surface area contributed by atoms with Crippen molar-refractivity contribution in [1.82, 2.24) is 19.8 Å². The highest BCUT2D eigenvalue weighted by molar-refractivity contribution is 5.75. The second kappa shape index (κ2) is 6.81. The van der Waals surface area contributed by atoms with Gasteiger partial charge in [0.05, 0.1) is 0 Å². The monoisotopic (exact) mass is 332 g/mol. The van der Waals surface area contributed by atoms with Gasteiger partial charge >= 0.3 is 6.03 Å². The molecule has 126 valence electrons. The number of pyridine rings is 1. The SMILES string of the molecule is O=C(NCc1ccccc1)N1CCn2cccc2[C@H]1c1cccnc1. The molecule has 1 atom stereocenters. The van der Waals surface area contributed by atoms with Gasteiger partial charge in [-0.25, -0.2) is 4.79 Å². The summed E-state index contributed by atoms with van der Waals surface area (Å²) < 4.78 is 2.21. The van der Waals surface area contributed by atoms with Crippen LogP contribution in [-0.4, -0.2) is 27.0 Å². The number of urea groups is 1. The molecule has 0 bridgehead atoms. The highest BCUT2D eigenvalue weighted by Crippen LogP contribution is 2.31. The highest BCUT2D eigenvalue weighted by Gasteiger charge is 2.32. The summed E-state index contributed by atoms with van der Waals surface area (Å²) in [5, 5.41) is 3.05. The molecule has 1 aliphatic heterocycles. The van der Waals surface area contributed by atoms with Gasteiger partial charge in [-0.3, -0.25) is 4.98 Å². The largest absolute Gasteiger partial charge is 0.348 e. The van der Waals surface area contributed by atoms with E-state index in [-0.39, 0.29) is 12.1 Å². The van der Waals surface area contributed by atoms with E-state index in [1.54, 1.807) is 6.20 Å². The Kier molecular flexibility index (Phi) is 4.21. The summed E-state index contributed by atoms with van der Waals surface area (Å²) in [4.78, 5) is 19.0. The Morgan fingerprint density at radius 2 is 1.96 bits per heavy atom. The van der Waals surface area contributed by atoms with Crippen LogP contribution in [0.4, 0.5) is 4.79 Å². The van der Waals surface area contributed by atoms with Crippen LogP contribution in [0.1, 0.15) is 22.9 Å². The molecule has 3 aromatic rings. The maximum Gasteiger partial charge on any atom is 0.318 e. The first-order valence-electron chi connectivity index (χ1n) is 8.46. The topological polar surface area (TPSA) is 50.2 Å². The van der Waals surface area contributed by atoms with E-state index in [2.05, 4.69) is 27.1 Å². The van der Waals surface area contributed by atoms with E-state index in [1.165, 1.54) is 0 Å². The molecule has 0 fully saturated rings. The number of nitrogens with zero attached hydrogens (tertiary/aromatic N) is 3. The lowest BCUT2D eigenvalue weighted by atomic mass is 10.0. The van der Waals surface area contributed by atoms with Gasteiger partial charge in [-0.15, -0.1) is 0 Å². The average Bonchev–Trinajstić information content (AvgIpc) is 3.15. The van der Waals surface area contributed by atoms with Crippen molar-refractivity contribution in [2.75, 3.05) is 6.54 Å². The summed E-state index contributed by atoms with van der Waals surface area (Å²) in [6, 6.07) is 17.8. The number of hydrogen-bond acceptors (Lipinski definition) is 2. The molecule has 1 aromatic carbocycles. The maximum absolute atomic E-state index is 12.9. The number of nitrogens with one attached hydrogen (secondary N) is 1. The van der Waals surface area contributed by atoms with E-state index in [9.17, 15) is 4.79 Å². The third-order valence-electron chi connectivity index (χ3n) is 4.59. The summed E-state index contributed by atoms with van der Waals surface area (Å²) >= 11 is 0. The van der Waals surface area contributed by atoms with Crippen LogP contribution in [0.15, 0.2) is 73.2 Å². The molecule has 2 aromatic heterocycles. The van der Waals surface area contributed by atoms with E-state index >= 15 is 0 Å². The van der Waals surface area contributed by atoms with Gasteiger partial charge in [-0.2, -0.15) is 0 Å². The normalized spacial score (nSPS) is 16.3. The summed E-state index contributed by atoms with van der Waals surface area (Å²) in [5.41, 5.74) is 3.24. The van der Waals surface area contributed by atoms with Gasteiger partial charge < -0.3 is 14.8 Å². The predicted octanol–water partition coefficient (Wildman–Crippen LogP) is 3.20. The van der Waals surface area contributed by atoms with Gasteiger partial charge in [-0.1, -0.05) is 36.4 Å². The number of fused-ring (bicyclic) bond motifs is 1. The van der Waals surface area contributed by atoms with Gasteiger partial charge in [-0.05, 0) is 29.3 Å². The van der Waals surface area contributed by atoms with E-state index in [0.29, 0.717) is 13.1 Å². The maximum atomic E-state index is 12.9. The number of amides is 2. The first kappa shape index (κ1) is 15.4. The molecule has 5 nitrogen and oxygen atoms in total. The fourth-order valence-electron chi connectivity index (χ4n) is 3.37. The number of carbonyl (C=O) groups excluding carboxylic acids is 1. The average molecular weight is 332 g/mol. The van der Waals surface area contributed by atoms with Crippen molar-refractivity contribution in [1.29, 1.82) is 0 Å². The fourth-order valence-corrected chi connectivity index (χ4v) is 3.37. The van der Waals surface area contributed by atoms with Crippen molar-refractivity contribution in [2.24, 2.45) is 0 Å². The smallest absolute Gasteiger partial charge is 0.318 e. The zero-order valence-electron chi connectivity index (χ0n) is 13.9. The molecule has 4 rings (SSSR count). The Morgan fingerprint density at radius 3 is 2.76 bits per heavy atom. The van der Waals surface area contributed by atoms with Gasteiger partial charge in [0.25, 0.3) is 0 Å². The van der Waals surface area contributed by atoms with Crippen molar-refractivity contribution in [3.8, 4) is 0 Å². The quantitative estimate of drug-likeness (QED) is 0.801. The number of carbonyl (C=O) groups is 1. The summed E-state index contributed by atoms with van der Waals surface area (Å²) in [5.74, 6) is 0. The molecule has 0 aliphatic carbocycles. The minimum Gasteiger partial charge on any atom is -0.348 e. The summed E-state index contributed by atoms with van der Waals surface area (Å²) in [7, 11) is 0. The lowest BCUT2D eigenvalue weighted by Gasteiger charge is -2.37. The van der Waals surface area contributed by atoms with Crippen molar-refractivity contribution < 1.29 is 4.79 Å². The Balaban J connectivity index is 1.58. The lowest BCUT2D eigenvalue weighted by molar-refractivity contribution is 0.168. The molecule has 0 spiro atoms. The number of aromatic nitrogens is 2. The lowest BCUT2D eigenvalue weighted by Crippen LogP contribution is -2.47. The zero-order chi connectivity index (χ0) is 17.1. The Morgan fingerprint density at radius 1 is 1.08 bits per heavy atom. The fraction of sp³-hybridized carbons (Fsp3) is 0.200. The van der Waals surface area contributed by atoms with Gasteiger partial charge in [0.1, 0.15) is 6.04 Å². The van der Waals surface area contributed by atoms with Crippen LogP contribution in [0.5, 0.6) is 0 Å². The zero-order valence-corrected chi connectivity index (χ0v) is 13.9. The van der Waals surface area contributed by atoms with Crippen LogP contribution in [0.25, 0.3) is 0 Å². The van der Waals surface area contributed by atoms with E-state index < -0.39 is 0 Å². The molecule has 3 heterocycles. The van der Waals surface area contributed by atoms with Crippen LogP contribution in [0.2, 0.25) is 0 Å². The molecule has 0 saturated carbocycles. The molecule has 0 radical (unpaired) electrons. The van der Waals surface area contributed by atoms with Crippen LogP contribution in [-0.2, 0) is 13.1 Å². The number of hydrogen-bond donors (Lipinski definition) is 1. The van der Waals surface area contributed by atoms with Gasteiger partial charge in [0, 0.05) is 43.9 Å². The van der Waals surface area contributed by atoms with Crippen LogP contribution < -0.4 is 5.32 Å².